The molecule has 11 heteroatoms. The number of nitrogens with one attached hydrogen (secondary N) is 1. The topological polar surface area (TPSA) is 154 Å². The number of carboxylic acids is 1. The molecule has 0 saturated heterocycles. The van der Waals surface area contributed by atoms with Crippen molar-refractivity contribution in [1.82, 2.24) is 5.32 Å². The van der Waals surface area contributed by atoms with Crippen LogP contribution in [0.3, 0.4) is 0 Å². The number of hydrogen-bond acceptors (Lipinski definition) is 8. The molecule has 2 N–H and O–H groups in total. The van der Waals surface area contributed by atoms with E-state index in [4.69, 9.17) is 14.6 Å². The van der Waals surface area contributed by atoms with Gasteiger partial charge in [-0.15, -0.1) is 10.1 Å². The first-order valence-electron chi connectivity index (χ1n) is 9.04. The number of alkyl carbamates (subject to hydrolysis) is 1. The van der Waals surface area contributed by atoms with Crippen LogP contribution in [0.5, 0.6) is 0 Å². The van der Waals surface area contributed by atoms with E-state index < -0.39 is 41.9 Å². The Kier molecular flexibility index (Phi) is 9.75. The van der Waals surface area contributed by atoms with Crippen molar-refractivity contribution < 1.29 is 38.9 Å². The second-order valence-corrected chi connectivity index (χ2v) is 6.57. The Morgan fingerprint density at radius 1 is 1.21 bits per heavy atom. The van der Waals surface area contributed by atoms with E-state index >= 15 is 0 Å². The molecule has 1 rings (SSSR count). The van der Waals surface area contributed by atoms with Gasteiger partial charge in [-0.1, -0.05) is 26.2 Å². The zero-order chi connectivity index (χ0) is 21.0. The summed E-state index contributed by atoms with van der Waals surface area (Å²) >= 11 is 0. The third-order valence-electron chi connectivity index (χ3n) is 4.58. The molecule has 1 saturated carbocycles. The summed E-state index contributed by atoms with van der Waals surface area (Å²) in [7, 11) is 0. The highest BCUT2D eigenvalue weighted by molar-refractivity contribution is 5.88. The third kappa shape index (κ3) is 8.69. The van der Waals surface area contributed by atoms with E-state index in [2.05, 4.69) is 10.2 Å². The first kappa shape index (κ1) is 23.2. The lowest BCUT2D eigenvalue weighted by Crippen LogP contribution is -2.40. The molecule has 11 nitrogen and oxygen atoms in total. The normalized spacial score (nSPS) is 16.0. The minimum Gasteiger partial charge on any atom is -0.481 e. The molecule has 158 valence electrons. The number of esters is 1. The fraction of sp³-hybridized carbons (Fsp3) is 0.706. The molecule has 0 aromatic heterocycles. The van der Waals surface area contributed by atoms with Gasteiger partial charge in [0.2, 0.25) is 6.79 Å². The molecule has 0 heterocycles. The molecule has 0 radical (unpaired) electrons. The first-order chi connectivity index (χ1) is 13.3. The lowest BCUT2D eigenvalue weighted by molar-refractivity contribution is -0.755. The summed E-state index contributed by atoms with van der Waals surface area (Å²) in [6.07, 6.45) is 4.91. The summed E-state index contributed by atoms with van der Waals surface area (Å²) in [6, 6.07) is 0. The average molecular weight is 402 g/mol. The number of nitrogens with zero attached hydrogens (tertiary/aromatic N) is 1. The van der Waals surface area contributed by atoms with Crippen molar-refractivity contribution in [2.45, 2.75) is 51.9 Å². The fourth-order valence-corrected chi connectivity index (χ4v) is 3.15. The molecule has 1 aliphatic carbocycles. The van der Waals surface area contributed by atoms with Gasteiger partial charge in [-0.3, -0.25) is 4.79 Å². The van der Waals surface area contributed by atoms with Gasteiger partial charge in [-0.05, 0) is 30.8 Å². The molecule has 0 spiro atoms. The quantitative estimate of drug-likeness (QED) is 0.174. The summed E-state index contributed by atoms with van der Waals surface area (Å²) in [4.78, 5) is 48.9. The van der Waals surface area contributed by atoms with Crippen molar-refractivity contribution in [3.63, 3.8) is 0 Å². The Balaban J connectivity index is 2.39. The number of aliphatic carboxylic acids is 1. The predicted octanol–water partition coefficient (Wildman–Crippen LogP) is 2.18. The van der Waals surface area contributed by atoms with Crippen LogP contribution in [0.2, 0.25) is 0 Å². The Morgan fingerprint density at radius 3 is 2.46 bits per heavy atom. The van der Waals surface area contributed by atoms with E-state index in [9.17, 15) is 24.5 Å². The van der Waals surface area contributed by atoms with Gasteiger partial charge in [0, 0.05) is 12.1 Å². The highest BCUT2D eigenvalue weighted by Gasteiger charge is 2.34. The SMILES string of the molecule is CC/C(=C/CO[N+](=O)[O-])C(=O)OCOC(=O)NCC1(CC(=O)O)CCCCC1. The van der Waals surface area contributed by atoms with Crippen LogP contribution in [-0.2, 0) is 23.9 Å². The summed E-state index contributed by atoms with van der Waals surface area (Å²) in [6.45, 7) is 0.797. The van der Waals surface area contributed by atoms with E-state index in [0.29, 0.717) is 12.8 Å². The minimum atomic E-state index is -0.980. The van der Waals surface area contributed by atoms with Gasteiger partial charge in [0.05, 0.1) is 6.42 Å². The van der Waals surface area contributed by atoms with Crippen molar-refractivity contribution in [3.8, 4) is 0 Å². The number of rotatable bonds is 11. The molecule has 1 amide bonds. The van der Waals surface area contributed by atoms with Crippen LogP contribution in [0, 0.1) is 15.5 Å². The number of amides is 1. The molecule has 0 unspecified atom stereocenters. The van der Waals surface area contributed by atoms with Crippen molar-refractivity contribution in [2.75, 3.05) is 19.9 Å². The highest BCUT2D eigenvalue weighted by atomic mass is 16.9. The number of carbonyl (C=O) groups is 3. The molecule has 28 heavy (non-hydrogen) atoms. The molecule has 1 aliphatic rings. The Labute approximate surface area is 162 Å². The molecule has 1 fully saturated rings. The van der Waals surface area contributed by atoms with Gasteiger partial charge >= 0.3 is 18.0 Å². The van der Waals surface area contributed by atoms with E-state index in [0.717, 1.165) is 19.3 Å². The van der Waals surface area contributed by atoms with Gasteiger partial charge in [0.1, 0.15) is 6.61 Å². The summed E-state index contributed by atoms with van der Waals surface area (Å²) in [5.41, 5.74) is -0.344. The van der Waals surface area contributed by atoms with Crippen molar-refractivity contribution >= 4 is 18.0 Å². The zero-order valence-electron chi connectivity index (χ0n) is 15.8. The van der Waals surface area contributed by atoms with Gasteiger partial charge in [-0.25, -0.2) is 9.59 Å². The van der Waals surface area contributed by atoms with Gasteiger partial charge in [-0.2, -0.15) is 0 Å². The predicted molar refractivity (Wildman–Crippen MR) is 94.5 cm³/mol. The van der Waals surface area contributed by atoms with E-state index in [1.165, 1.54) is 6.08 Å². The largest absolute Gasteiger partial charge is 0.481 e. The lowest BCUT2D eigenvalue weighted by Gasteiger charge is -2.36. The number of hydrogen-bond donors (Lipinski definition) is 2. The Hall–Kier alpha value is -2.85. The first-order valence-corrected chi connectivity index (χ1v) is 9.04. The van der Waals surface area contributed by atoms with E-state index in [1.807, 2.05) is 0 Å². The maximum atomic E-state index is 11.8. The number of carbonyl (C=O) groups excluding carboxylic acids is 2. The molecule has 0 aromatic rings. The summed E-state index contributed by atoms with van der Waals surface area (Å²) in [5, 5.41) is 20.8. The van der Waals surface area contributed by atoms with Crippen LogP contribution in [0.4, 0.5) is 4.79 Å². The van der Waals surface area contributed by atoms with Crippen molar-refractivity contribution in [3.05, 3.63) is 21.8 Å². The van der Waals surface area contributed by atoms with Crippen molar-refractivity contribution in [2.24, 2.45) is 5.41 Å². The summed E-state index contributed by atoms with van der Waals surface area (Å²) in [5.74, 6) is -1.69. The van der Waals surface area contributed by atoms with Crippen LogP contribution >= 0.6 is 0 Å². The number of ether oxygens (including phenoxy) is 2. The third-order valence-corrected chi connectivity index (χ3v) is 4.58. The Morgan fingerprint density at radius 2 is 1.89 bits per heavy atom. The summed E-state index contributed by atoms with van der Waals surface area (Å²) < 4.78 is 9.58. The zero-order valence-corrected chi connectivity index (χ0v) is 15.8. The van der Waals surface area contributed by atoms with Crippen LogP contribution < -0.4 is 5.32 Å². The second kappa shape index (κ2) is 11.8. The molecular weight excluding hydrogens is 376 g/mol. The van der Waals surface area contributed by atoms with Crippen LogP contribution in [0.25, 0.3) is 0 Å². The van der Waals surface area contributed by atoms with E-state index in [1.54, 1.807) is 6.92 Å². The highest BCUT2D eigenvalue weighted by Crippen LogP contribution is 2.38. The standard InChI is InChI=1S/C17H26N2O9/c1-2-13(6-9-28-19(24)25)15(22)26-12-27-16(23)18-11-17(10-14(20)21)7-4-3-5-8-17/h6H,2-5,7-12H2,1H3,(H,18,23)(H,20,21)/b13-6-. The lowest BCUT2D eigenvalue weighted by atomic mass is 9.72. The average Bonchev–Trinajstić information content (AvgIpc) is 2.63. The molecule has 0 aliphatic heterocycles. The molecule has 0 atom stereocenters. The molecule has 0 bridgehead atoms. The minimum absolute atomic E-state index is 0.0286. The molecule has 0 aromatic carbocycles. The van der Waals surface area contributed by atoms with Crippen LogP contribution in [-0.4, -0.2) is 48.2 Å². The fourth-order valence-electron chi connectivity index (χ4n) is 3.15. The number of carboxylic acid groups (broad SMARTS) is 1. The van der Waals surface area contributed by atoms with Gasteiger partial charge < -0.3 is 24.7 Å². The van der Waals surface area contributed by atoms with Crippen LogP contribution in [0.1, 0.15) is 51.9 Å². The van der Waals surface area contributed by atoms with Gasteiger partial charge in [0.15, 0.2) is 0 Å². The Bertz CT molecular complexity index is 597. The van der Waals surface area contributed by atoms with E-state index in [-0.39, 0.29) is 25.0 Å². The monoisotopic (exact) mass is 402 g/mol. The smallest absolute Gasteiger partial charge is 0.410 e. The molecular formula is C17H26N2O9. The second-order valence-electron chi connectivity index (χ2n) is 6.57. The van der Waals surface area contributed by atoms with Gasteiger partial charge in [0.25, 0.3) is 5.09 Å². The maximum Gasteiger partial charge on any atom is 0.410 e. The van der Waals surface area contributed by atoms with Crippen LogP contribution in [0.15, 0.2) is 11.6 Å². The maximum absolute atomic E-state index is 11.8. The van der Waals surface area contributed by atoms with Crippen molar-refractivity contribution in [1.29, 1.82) is 0 Å².